The minimum atomic E-state index is -3.41. The Morgan fingerprint density at radius 1 is 1.03 bits per heavy atom. The molecule has 0 aliphatic heterocycles. The van der Waals surface area contributed by atoms with E-state index in [0.29, 0.717) is 25.5 Å². The Hall–Kier alpha value is -3.13. The molecule has 31 heavy (non-hydrogen) atoms. The van der Waals surface area contributed by atoms with Crippen LogP contribution in [-0.2, 0) is 16.4 Å². The van der Waals surface area contributed by atoms with Crippen molar-refractivity contribution < 1.29 is 13.2 Å². The molecule has 0 saturated heterocycles. The first kappa shape index (κ1) is 19.8. The van der Waals surface area contributed by atoms with Crippen LogP contribution in [0.3, 0.4) is 0 Å². The van der Waals surface area contributed by atoms with Crippen LogP contribution >= 0.6 is 0 Å². The van der Waals surface area contributed by atoms with Gasteiger partial charge >= 0.3 is 0 Å². The fourth-order valence-electron chi connectivity index (χ4n) is 3.63. The van der Waals surface area contributed by atoms with E-state index in [0.717, 1.165) is 17.1 Å². The Kier molecular flexibility index (Phi) is 5.23. The second-order valence-corrected chi connectivity index (χ2v) is 10.1. The summed E-state index contributed by atoms with van der Waals surface area (Å²) in [6.45, 7) is 0.772. The molecule has 1 aromatic carbocycles. The smallest absolute Gasteiger partial charge is 0.181 e. The van der Waals surface area contributed by atoms with E-state index in [4.69, 9.17) is 4.74 Å². The molecule has 0 atom stereocenters. The highest BCUT2D eigenvalue weighted by atomic mass is 32.2. The highest BCUT2D eigenvalue weighted by Crippen LogP contribution is 2.39. The Morgan fingerprint density at radius 2 is 1.87 bits per heavy atom. The third-order valence-electron chi connectivity index (χ3n) is 5.43. The average molecular weight is 437 g/mol. The lowest BCUT2D eigenvalue weighted by Gasteiger charge is -2.05. The molecular formula is C23H24N4O3S. The van der Waals surface area contributed by atoms with E-state index in [1.165, 1.54) is 24.6 Å². The van der Waals surface area contributed by atoms with E-state index < -0.39 is 9.84 Å². The Labute approximate surface area is 181 Å². The second kappa shape index (κ2) is 8.19. The molecule has 1 fully saturated rings. The molecule has 0 bridgehead atoms. The van der Waals surface area contributed by atoms with Gasteiger partial charge in [0.25, 0.3) is 0 Å². The third-order valence-corrected chi connectivity index (χ3v) is 7.19. The van der Waals surface area contributed by atoms with E-state index in [9.17, 15) is 8.42 Å². The SMILES string of the molecule is O=S(=O)(CCCOc1ccccc1)c1cnn(Cc2cn3cc(C4CC4)ccc3n2)c1. The van der Waals surface area contributed by atoms with Gasteiger partial charge in [-0.2, -0.15) is 5.10 Å². The normalized spacial score (nSPS) is 14.2. The van der Waals surface area contributed by atoms with Gasteiger partial charge in [0.15, 0.2) is 9.84 Å². The standard InChI is InChI=1S/C23H24N4O3S/c28-31(29,12-4-11-30-21-5-2-1-3-6-21)22-13-24-27(17-22)16-20-15-26-14-19(18-7-8-18)9-10-23(26)25-20/h1-3,5-6,9-10,13-15,17-18H,4,7-8,11-12,16H2. The fourth-order valence-corrected chi connectivity index (χ4v) is 4.85. The number of fused-ring (bicyclic) bond motifs is 1. The zero-order valence-electron chi connectivity index (χ0n) is 17.1. The first-order chi connectivity index (χ1) is 15.1. The summed E-state index contributed by atoms with van der Waals surface area (Å²) in [5, 5.41) is 4.24. The summed E-state index contributed by atoms with van der Waals surface area (Å²) in [7, 11) is -3.41. The molecule has 3 aromatic heterocycles. The number of pyridine rings is 1. The number of ether oxygens (including phenoxy) is 1. The molecule has 1 aliphatic rings. The number of hydrogen-bond donors (Lipinski definition) is 0. The number of sulfone groups is 1. The maximum atomic E-state index is 12.6. The topological polar surface area (TPSA) is 78.5 Å². The van der Waals surface area contributed by atoms with Gasteiger partial charge in [0.05, 0.1) is 30.8 Å². The van der Waals surface area contributed by atoms with E-state index >= 15 is 0 Å². The summed E-state index contributed by atoms with van der Waals surface area (Å²) in [4.78, 5) is 4.85. The summed E-state index contributed by atoms with van der Waals surface area (Å²) >= 11 is 0. The monoisotopic (exact) mass is 436 g/mol. The van der Waals surface area contributed by atoms with Gasteiger partial charge in [0.2, 0.25) is 0 Å². The first-order valence-corrected chi connectivity index (χ1v) is 12.1. The van der Waals surface area contributed by atoms with Gasteiger partial charge in [-0.15, -0.1) is 0 Å². The van der Waals surface area contributed by atoms with Crippen molar-refractivity contribution in [1.29, 1.82) is 0 Å². The minimum absolute atomic E-state index is 0.0177. The molecule has 3 heterocycles. The zero-order chi connectivity index (χ0) is 21.3. The highest BCUT2D eigenvalue weighted by molar-refractivity contribution is 7.91. The first-order valence-electron chi connectivity index (χ1n) is 10.5. The van der Waals surface area contributed by atoms with Crippen molar-refractivity contribution in [3.63, 3.8) is 0 Å². The lowest BCUT2D eigenvalue weighted by Crippen LogP contribution is -2.10. The van der Waals surface area contributed by atoms with Crippen molar-refractivity contribution in [2.75, 3.05) is 12.4 Å². The number of rotatable bonds is 9. The largest absolute Gasteiger partial charge is 0.494 e. The van der Waals surface area contributed by atoms with Crippen LogP contribution in [0.15, 0.2) is 72.1 Å². The average Bonchev–Trinajstić information content (AvgIpc) is 3.37. The van der Waals surface area contributed by atoms with Crippen LogP contribution < -0.4 is 4.74 Å². The van der Waals surface area contributed by atoms with E-state index in [1.54, 1.807) is 10.9 Å². The molecule has 0 spiro atoms. The van der Waals surface area contributed by atoms with Crippen molar-refractivity contribution in [3.8, 4) is 5.75 Å². The second-order valence-electron chi connectivity index (χ2n) is 7.94. The summed E-state index contributed by atoms with van der Waals surface area (Å²) in [6, 6.07) is 13.6. The molecule has 5 rings (SSSR count). The summed E-state index contributed by atoms with van der Waals surface area (Å²) in [5.41, 5.74) is 3.08. The maximum absolute atomic E-state index is 12.6. The van der Waals surface area contributed by atoms with E-state index in [1.807, 2.05) is 47.0 Å². The van der Waals surface area contributed by atoms with Crippen molar-refractivity contribution >= 4 is 15.5 Å². The van der Waals surface area contributed by atoms with Gasteiger partial charge in [0.1, 0.15) is 16.3 Å². The Balaban J connectivity index is 1.20. The number of aromatic nitrogens is 4. The van der Waals surface area contributed by atoms with Crippen LogP contribution in [0, 0.1) is 0 Å². The molecule has 0 unspecified atom stereocenters. The third kappa shape index (κ3) is 4.64. The van der Waals surface area contributed by atoms with Crippen LogP contribution in [0.25, 0.3) is 5.65 Å². The van der Waals surface area contributed by atoms with Gasteiger partial charge in [-0.05, 0) is 48.9 Å². The predicted molar refractivity (Wildman–Crippen MR) is 117 cm³/mol. The van der Waals surface area contributed by atoms with Crippen molar-refractivity contribution in [3.05, 3.63) is 78.5 Å². The number of nitrogens with zero attached hydrogens (tertiary/aromatic N) is 4. The molecule has 0 amide bonds. The molecule has 0 N–H and O–H groups in total. The van der Waals surface area contributed by atoms with Crippen LogP contribution in [0.1, 0.15) is 36.4 Å². The maximum Gasteiger partial charge on any atom is 0.181 e. The predicted octanol–water partition coefficient (Wildman–Crippen LogP) is 3.70. The number of para-hydroxylation sites is 1. The Bertz CT molecular complexity index is 1290. The number of benzene rings is 1. The molecule has 1 saturated carbocycles. The van der Waals surface area contributed by atoms with E-state index in [2.05, 4.69) is 22.3 Å². The van der Waals surface area contributed by atoms with Gasteiger partial charge in [-0.1, -0.05) is 24.3 Å². The van der Waals surface area contributed by atoms with Gasteiger partial charge < -0.3 is 9.14 Å². The zero-order valence-corrected chi connectivity index (χ0v) is 17.9. The fraction of sp³-hybridized carbons (Fsp3) is 0.304. The van der Waals surface area contributed by atoms with Crippen molar-refractivity contribution in [2.45, 2.75) is 36.6 Å². The summed E-state index contributed by atoms with van der Waals surface area (Å²) < 4.78 is 34.5. The van der Waals surface area contributed by atoms with Crippen LogP contribution in [0.2, 0.25) is 0 Å². The van der Waals surface area contributed by atoms with Crippen LogP contribution in [0.4, 0.5) is 0 Å². The minimum Gasteiger partial charge on any atom is -0.494 e. The highest BCUT2D eigenvalue weighted by Gasteiger charge is 2.24. The van der Waals surface area contributed by atoms with Crippen molar-refractivity contribution in [1.82, 2.24) is 19.2 Å². The van der Waals surface area contributed by atoms with Crippen LogP contribution in [0.5, 0.6) is 5.75 Å². The molecule has 1 aliphatic carbocycles. The van der Waals surface area contributed by atoms with Crippen LogP contribution in [-0.4, -0.2) is 39.9 Å². The van der Waals surface area contributed by atoms with E-state index in [-0.39, 0.29) is 10.6 Å². The number of hydrogen-bond acceptors (Lipinski definition) is 5. The number of imidazole rings is 1. The van der Waals surface area contributed by atoms with Gasteiger partial charge in [-0.25, -0.2) is 13.4 Å². The molecule has 8 heteroatoms. The molecule has 0 radical (unpaired) electrons. The Morgan fingerprint density at radius 3 is 2.68 bits per heavy atom. The van der Waals surface area contributed by atoms with Gasteiger partial charge in [-0.3, -0.25) is 4.68 Å². The van der Waals surface area contributed by atoms with Crippen molar-refractivity contribution in [2.24, 2.45) is 0 Å². The lowest BCUT2D eigenvalue weighted by atomic mass is 10.2. The molecule has 4 aromatic rings. The molecular weight excluding hydrogens is 412 g/mol. The summed E-state index contributed by atoms with van der Waals surface area (Å²) in [5.74, 6) is 1.45. The molecule has 160 valence electrons. The quantitative estimate of drug-likeness (QED) is 0.374. The summed E-state index contributed by atoms with van der Waals surface area (Å²) in [6.07, 6.45) is 10.0. The van der Waals surface area contributed by atoms with Gasteiger partial charge in [0, 0.05) is 18.6 Å². The lowest BCUT2D eigenvalue weighted by molar-refractivity contribution is 0.317. The molecule has 7 nitrogen and oxygen atoms in total.